The van der Waals surface area contributed by atoms with Crippen molar-refractivity contribution in [3.8, 4) is 0 Å². The van der Waals surface area contributed by atoms with Crippen LogP contribution >= 0.6 is 12.2 Å². The molecule has 1 saturated heterocycles. The number of thiocarbonyl (C=S) groups is 1. The maximum Gasteiger partial charge on any atom is 0.233 e. The second-order valence-electron chi connectivity index (χ2n) is 5.49. The zero-order chi connectivity index (χ0) is 13.2. The molecule has 0 aromatic carbocycles. The molecule has 0 radical (unpaired) electrons. The maximum atomic E-state index is 12.4. The summed E-state index contributed by atoms with van der Waals surface area (Å²) in [5.74, 6) is 0.436. The predicted octanol–water partition coefficient (Wildman–Crippen LogP) is 1.37. The Morgan fingerprint density at radius 1 is 1.50 bits per heavy atom. The molecule has 0 spiro atoms. The first-order valence-corrected chi connectivity index (χ1v) is 7.17. The van der Waals surface area contributed by atoms with E-state index in [-0.39, 0.29) is 12.0 Å². The number of nitrogens with one attached hydrogen (secondary N) is 1. The molecule has 0 aromatic rings. The van der Waals surface area contributed by atoms with Crippen LogP contribution in [0.2, 0.25) is 0 Å². The highest BCUT2D eigenvalue weighted by molar-refractivity contribution is 7.80. The van der Waals surface area contributed by atoms with Crippen LogP contribution in [0.1, 0.15) is 39.0 Å². The van der Waals surface area contributed by atoms with Crippen LogP contribution in [0.4, 0.5) is 0 Å². The molecule has 4 nitrogen and oxygen atoms in total. The summed E-state index contributed by atoms with van der Waals surface area (Å²) in [6.07, 6.45) is 4.91. The Morgan fingerprint density at radius 2 is 2.17 bits per heavy atom. The van der Waals surface area contributed by atoms with E-state index in [1.54, 1.807) is 0 Å². The minimum Gasteiger partial charge on any atom is -0.392 e. The van der Waals surface area contributed by atoms with E-state index < -0.39 is 5.41 Å². The molecule has 3 N–H and O–H groups in total. The molecule has 0 bridgehead atoms. The van der Waals surface area contributed by atoms with E-state index in [4.69, 9.17) is 22.7 Å². The van der Waals surface area contributed by atoms with Gasteiger partial charge in [0.1, 0.15) is 0 Å². The number of ether oxygens (including phenoxy) is 1. The lowest BCUT2D eigenvalue weighted by molar-refractivity contribution is -0.127. The van der Waals surface area contributed by atoms with Crippen molar-refractivity contribution in [2.45, 2.75) is 45.1 Å². The molecule has 0 aromatic heterocycles. The van der Waals surface area contributed by atoms with E-state index in [1.807, 2.05) is 0 Å². The van der Waals surface area contributed by atoms with Crippen LogP contribution in [0, 0.1) is 11.3 Å². The van der Waals surface area contributed by atoms with Crippen LogP contribution in [0.5, 0.6) is 0 Å². The van der Waals surface area contributed by atoms with Crippen LogP contribution in [0.15, 0.2) is 0 Å². The first-order chi connectivity index (χ1) is 8.56. The molecule has 1 saturated carbocycles. The summed E-state index contributed by atoms with van der Waals surface area (Å²) in [6, 6.07) is 0. The second kappa shape index (κ2) is 5.53. The Kier molecular flexibility index (Phi) is 4.22. The van der Waals surface area contributed by atoms with Gasteiger partial charge in [0, 0.05) is 19.1 Å². The van der Waals surface area contributed by atoms with Gasteiger partial charge in [-0.2, -0.15) is 0 Å². The fourth-order valence-corrected chi connectivity index (χ4v) is 3.30. The summed E-state index contributed by atoms with van der Waals surface area (Å²) >= 11 is 5.11. The summed E-state index contributed by atoms with van der Waals surface area (Å²) in [6.45, 7) is 3.52. The molecule has 5 heteroatoms. The predicted molar refractivity (Wildman–Crippen MR) is 74.2 cm³/mol. The Labute approximate surface area is 114 Å². The van der Waals surface area contributed by atoms with Gasteiger partial charge in [-0.25, -0.2) is 0 Å². The molecule has 1 aliphatic carbocycles. The Bertz CT molecular complexity index is 340. The Hall–Kier alpha value is -0.680. The summed E-state index contributed by atoms with van der Waals surface area (Å²) in [7, 11) is 0. The van der Waals surface area contributed by atoms with Crippen molar-refractivity contribution < 1.29 is 9.53 Å². The van der Waals surface area contributed by atoms with Crippen molar-refractivity contribution >= 4 is 23.1 Å². The zero-order valence-corrected chi connectivity index (χ0v) is 11.7. The van der Waals surface area contributed by atoms with Gasteiger partial charge in [0.05, 0.1) is 16.5 Å². The first kappa shape index (κ1) is 13.7. The summed E-state index contributed by atoms with van der Waals surface area (Å²) in [4.78, 5) is 12.7. The van der Waals surface area contributed by atoms with E-state index in [0.717, 1.165) is 38.7 Å². The van der Waals surface area contributed by atoms with Crippen molar-refractivity contribution in [3.63, 3.8) is 0 Å². The van der Waals surface area contributed by atoms with Crippen molar-refractivity contribution in [2.75, 3.05) is 13.2 Å². The van der Waals surface area contributed by atoms with E-state index in [0.29, 0.717) is 17.5 Å². The molecule has 18 heavy (non-hydrogen) atoms. The highest BCUT2D eigenvalue weighted by atomic mass is 32.1. The van der Waals surface area contributed by atoms with Crippen LogP contribution in [0.3, 0.4) is 0 Å². The van der Waals surface area contributed by atoms with E-state index in [2.05, 4.69) is 12.2 Å². The molecular formula is C13H22N2O2S. The quantitative estimate of drug-likeness (QED) is 0.757. The third-order valence-corrected chi connectivity index (χ3v) is 4.81. The average molecular weight is 270 g/mol. The summed E-state index contributed by atoms with van der Waals surface area (Å²) in [5.41, 5.74) is 5.21. The highest BCUT2D eigenvalue weighted by Crippen LogP contribution is 2.38. The SMILES string of the molecule is CC1OCCC1CNC(=O)C1(C(N)=S)CCCC1. The Morgan fingerprint density at radius 3 is 2.67 bits per heavy atom. The molecule has 1 aliphatic heterocycles. The molecule has 2 unspecified atom stereocenters. The molecule has 2 fully saturated rings. The third-order valence-electron chi connectivity index (χ3n) is 4.42. The van der Waals surface area contributed by atoms with Crippen molar-refractivity contribution in [1.29, 1.82) is 0 Å². The Balaban J connectivity index is 1.92. The molecule has 2 aliphatic rings. The monoisotopic (exact) mass is 270 g/mol. The summed E-state index contributed by atoms with van der Waals surface area (Å²) < 4.78 is 5.49. The lowest BCUT2D eigenvalue weighted by atomic mass is 9.85. The van der Waals surface area contributed by atoms with Gasteiger partial charge in [-0.1, -0.05) is 25.1 Å². The standard InChI is InChI=1S/C13H22N2O2S/c1-9-10(4-7-17-9)8-15-12(16)13(11(14)18)5-2-3-6-13/h9-10H,2-8H2,1H3,(H2,14,18)(H,15,16). The largest absolute Gasteiger partial charge is 0.392 e. The number of hydrogen-bond acceptors (Lipinski definition) is 3. The van der Waals surface area contributed by atoms with Gasteiger partial charge in [0.2, 0.25) is 5.91 Å². The lowest BCUT2D eigenvalue weighted by Crippen LogP contribution is -2.48. The zero-order valence-electron chi connectivity index (χ0n) is 10.9. The van der Waals surface area contributed by atoms with Gasteiger partial charge in [0.25, 0.3) is 0 Å². The van der Waals surface area contributed by atoms with Crippen LogP contribution in [0.25, 0.3) is 0 Å². The van der Waals surface area contributed by atoms with E-state index >= 15 is 0 Å². The number of carbonyl (C=O) groups is 1. The van der Waals surface area contributed by atoms with Gasteiger partial charge in [-0.05, 0) is 26.2 Å². The second-order valence-corrected chi connectivity index (χ2v) is 5.93. The summed E-state index contributed by atoms with van der Waals surface area (Å²) in [5, 5.41) is 3.03. The molecule has 2 rings (SSSR count). The molecule has 2 atom stereocenters. The van der Waals surface area contributed by atoms with Crippen LogP contribution in [-0.4, -0.2) is 30.2 Å². The number of carbonyl (C=O) groups excluding carboxylic acids is 1. The van der Waals surface area contributed by atoms with Crippen LogP contribution < -0.4 is 11.1 Å². The third kappa shape index (κ3) is 2.52. The number of rotatable bonds is 4. The minimum absolute atomic E-state index is 0.0200. The normalized spacial score (nSPS) is 30.3. The van der Waals surface area contributed by atoms with Crippen LogP contribution in [-0.2, 0) is 9.53 Å². The van der Waals surface area contributed by atoms with E-state index in [9.17, 15) is 4.79 Å². The number of amides is 1. The molecule has 1 amide bonds. The first-order valence-electron chi connectivity index (χ1n) is 6.76. The topological polar surface area (TPSA) is 64.3 Å². The van der Waals surface area contributed by atoms with Crippen molar-refractivity contribution in [2.24, 2.45) is 17.1 Å². The van der Waals surface area contributed by atoms with Gasteiger partial charge >= 0.3 is 0 Å². The molecule has 102 valence electrons. The van der Waals surface area contributed by atoms with Crippen molar-refractivity contribution in [3.05, 3.63) is 0 Å². The fourth-order valence-electron chi connectivity index (χ4n) is 3.00. The molecular weight excluding hydrogens is 248 g/mol. The lowest BCUT2D eigenvalue weighted by Gasteiger charge is -2.27. The molecule has 1 heterocycles. The average Bonchev–Trinajstić information content (AvgIpc) is 2.95. The van der Waals surface area contributed by atoms with Gasteiger partial charge in [-0.15, -0.1) is 0 Å². The fraction of sp³-hybridized carbons (Fsp3) is 0.846. The van der Waals surface area contributed by atoms with Gasteiger partial charge in [-0.3, -0.25) is 4.79 Å². The van der Waals surface area contributed by atoms with E-state index in [1.165, 1.54) is 0 Å². The smallest absolute Gasteiger partial charge is 0.233 e. The van der Waals surface area contributed by atoms with Gasteiger partial charge in [0.15, 0.2) is 0 Å². The highest BCUT2D eigenvalue weighted by Gasteiger charge is 2.44. The number of hydrogen-bond donors (Lipinski definition) is 2. The van der Waals surface area contributed by atoms with Gasteiger partial charge < -0.3 is 15.8 Å². The minimum atomic E-state index is -0.585. The maximum absolute atomic E-state index is 12.4. The number of nitrogens with two attached hydrogens (primary N) is 1. The van der Waals surface area contributed by atoms with Crippen molar-refractivity contribution in [1.82, 2.24) is 5.32 Å².